The summed E-state index contributed by atoms with van der Waals surface area (Å²) in [5, 5.41) is 2.64. The third kappa shape index (κ3) is 4.99. The van der Waals surface area contributed by atoms with Gasteiger partial charge in [-0.15, -0.1) is 0 Å². The Hall–Kier alpha value is -3.11. The molecule has 9 nitrogen and oxygen atoms in total. The van der Waals surface area contributed by atoms with Gasteiger partial charge < -0.3 is 20.5 Å². The van der Waals surface area contributed by atoms with E-state index in [0.717, 1.165) is 0 Å². The van der Waals surface area contributed by atoms with Crippen molar-refractivity contribution < 1.29 is 27.5 Å². The number of benzene rings is 2. The lowest BCUT2D eigenvalue weighted by atomic mass is 10.1. The van der Waals surface area contributed by atoms with Crippen molar-refractivity contribution in [2.24, 2.45) is 5.73 Å². The minimum absolute atomic E-state index is 0.0700. The number of sulfonamides is 1. The number of amides is 2. The number of ether oxygens (including phenoxy) is 2. The van der Waals surface area contributed by atoms with Crippen molar-refractivity contribution in [2.45, 2.75) is 11.8 Å². The van der Waals surface area contributed by atoms with E-state index in [1.807, 2.05) is 0 Å². The molecular weight excluding hydrogens is 386 g/mol. The molecule has 2 rings (SSSR count). The average molecular weight is 407 g/mol. The minimum Gasteiger partial charge on any atom is -0.493 e. The van der Waals surface area contributed by atoms with Crippen LogP contribution >= 0.6 is 0 Å². The summed E-state index contributed by atoms with van der Waals surface area (Å²) in [5.74, 6) is -0.612. The Bertz CT molecular complexity index is 1000. The molecule has 0 saturated carbocycles. The molecule has 0 unspecified atom stereocenters. The second kappa shape index (κ2) is 8.72. The number of hydrogen-bond donors (Lipinski definition) is 3. The molecule has 150 valence electrons. The van der Waals surface area contributed by atoms with Gasteiger partial charge >= 0.3 is 0 Å². The molecule has 0 radical (unpaired) electrons. The molecule has 0 aliphatic rings. The highest BCUT2D eigenvalue weighted by molar-refractivity contribution is 7.89. The lowest BCUT2D eigenvalue weighted by Crippen LogP contribution is -2.20. The van der Waals surface area contributed by atoms with Crippen LogP contribution in [0.15, 0.2) is 41.3 Å². The Balaban J connectivity index is 2.26. The number of carbonyl (C=O) groups is 2. The summed E-state index contributed by atoms with van der Waals surface area (Å²) in [6, 6.07) is 8.97. The van der Waals surface area contributed by atoms with E-state index < -0.39 is 21.8 Å². The normalized spacial score (nSPS) is 11.0. The highest BCUT2D eigenvalue weighted by Crippen LogP contribution is 2.28. The van der Waals surface area contributed by atoms with Gasteiger partial charge in [0.25, 0.3) is 11.8 Å². The Morgan fingerprint density at radius 3 is 2.43 bits per heavy atom. The first-order valence-corrected chi connectivity index (χ1v) is 9.61. The number of methoxy groups -OCH3 is 1. The molecule has 0 spiro atoms. The van der Waals surface area contributed by atoms with Gasteiger partial charge in [-0.2, -0.15) is 0 Å². The van der Waals surface area contributed by atoms with E-state index in [-0.39, 0.29) is 28.6 Å². The van der Waals surface area contributed by atoms with Crippen LogP contribution in [0.2, 0.25) is 0 Å². The summed E-state index contributed by atoms with van der Waals surface area (Å²) in [6.45, 7) is 1.33. The van der Waals surface area contributed by atoms with Crippen LogP contribution in [0, 0.1) is 6.92 Å². The molecular formula is C18H21N3O6S. The Morgan fingerprint density at radius 1 is 1.11 bits per heavy atom. The molecule has 0 aliphatic heterocycles. The summed E-state index contributed by atoms with van der Waals surface area (Å²) in [7, 11) is -0.952. The van der Waals surface area contributed by atoms with Gasteiger partial charge in [-0.1, -0.05) is 6.07 Å². The van der Waals surface area contributed by atoms with E-state index in [4.69, 9.17) is 15.2 Å². The van der Waals surface area contributed by atoms with Crippen LogP contribution < -0.4 is 25.2 Å². The van der Waals surface area contributed by atoms with Crippen molar-refractivity contribution in [3.63, 3.8) is 0 Å². The van der Waals surface area contributed by atoms with Crippen LogP contribution in [-0.2, 0) is 14.8 Å². The summed E-state index contributed by atoms with van der Waals surface area (Å²) >= 11 is 0. The Morgan fingerprint density at radius 2 is 1.82 bits per heavy atom. The summed E-state index contributed by atoms with van der Waals surface area (Å²) < 4.78 is 36.8. The number of aryl methyl sites for hydroxylation is 1. The summed E-state index contributed by atoms with van der Waals surface area (Å²) in [6.07, 6.45) is 0. The summed E-state index contributed by atoms with van der Waals surface area (Å²) in [4.78, 5) is 23.4. The van der Waals surface area contributed by atoms with Crippen molar-refractivity contribution in [3.8, 4) is 11.5 Å². The van der Waals surface area contributed by atoms with Gasteiger partial charge in [0.1, 0.15) is 0 Å². The Labute approximate surface area is 162 Å². The molecule has 0 fully saturated rings. The SMILES string of the molecule is CNS(=O)(=O)c1cc(NC(=O)c2ccc(OCC(N)=O)c(OC)c2)ccc1C. The standard InChI is InChI=1S/C18H21N3O6S/c1-11-4-6-13(9-16(11)28(24,25)20-2)21-18(23)12-5-7-14(15(8-12)26-3)27-10-17(19)22/h4-9,20H,10H2,1-3H3,(H2,19,22)(H,21,23). The van der Waals surface area contributed by atoms with Gasteiger partial charge in [-0.05, 0) is 49.9 Å². The molecule has 28 heavy (non-hydrogen) atoms. The highest BCUT2D eigenvalue weighted by Gasteiger charge is 2.17. The first kappa shape index (κ1) is 21.2. The largest absolute Gasteiger partial charge is 0.493 e. The second-order valence-corrected chi connectivity index (χ2v) is 7.62. The van der Waals surface area contributed by atoms with E-state index in [9.17, 15) is 18.0 Å². The number of nitrogens with two attached hydrogens (primary N) is 1. The molecule has 2 aromatic carbocycles. The number of anilines is 1. The molecule has 0 aromatic heterocycles. The van der Waals surface area contributed by atoms with Gasteiger partial charge in [0.05, 0.1) is 12.0 Å². The smallest absolute Gasteiger partial charge is 0.255 e. The molecule has 0 heterocycles. The fraction of sp³-hybridized carbons (Fsp3) is 0.222. The third-order valence-corrected chi connectivity index (χ3v) is 5.36. The first-order chi connectivity index (χ1) is 13.2. The fourth-order valence-electron chi connectivity index (χ4n) is 2.36. The number of hydrogen-bond acceptors (Lipinski definition) is 6. The monoisotopic (exact) mass is 407 g/mol. The Kier molecular flexibility index (Phi) is 6.60. The van der Waals surface area contributed by atoms with Crippen molar-refractivity contribution in [1.82, 2.24) is 4.72 Å². The summed E-state index contributed by atoms with van der Waals surface area (Å²) in [5.41, 5.74) is 6.16. The minimum atomic E-state index is -3.66. The lowest BCUT2D eigenvalue weighted by molar-refractivity contribution is -0.119. The van der Waals surface area contributed by atoms with E-state index in [1.54, 1.807) is 19.1 Å². The first-order valence-electron chi connectivity index (χ1n) is 8.12. The van der Waals surface area contributed by atoms with Gasteiger partial charge in [-0.3, -0.25) is 9.59 Å². The molecule has 2 amide bonds. The maximum atomic E-state index is 12.5. The third-order valence-electron chi connectivity index (χ3n) is 3.80. The van der Waals surface area contributed by atoms with Crippen LogP contribution in [0.25, 0.3) is 0 Å². The van der Waals surface area contributed by atoms with Crippen molar-refractivity contribution >= 4 is 27.5 Å². The van der Waals surface area contributed by atoms with E-state index in [2.05, 4.69) is 10.0 Å². The molecule has 0 aliphatic carbocycles. The van der Waals surface area contributed by atoms with Crippen molar-refractivity contribution in [2.75, 3.05) is 26.1 Å². The number of nitrogens with one attached hydrogen (secondary N) is 2. The lowest BCUT2D eigenvalue weighted by Gasteiger charge is -2.12. The molecule has 0 saturated heterocycles. The van der Waals surface area contributed by atoms with Gasteiger partial charge in [0.2, 0.25) is 10.0 Å². The van der Waals surface area contributed by atoms with Crippen LogP contribution in [0.3, 0.4) is 0 Å². The maximum Gasteiger partial charge on any atom is 0.255 e. The molecule has 2 aromatic rings. The van der Waals surface area contributed by atoms with Crippen LogP contribution in [0.1, 0.15) is 15.9 Å². The number of carbonyl (C=O) groups excluding carboxylic acids is 2. The topological polar surface area (TPSA) is 137 Å². The van der Waals surface area contributed by atoms with Crippen molar-refractivity contribution in [1.29, 1.82) is 0 Å². The second-order valence-electron chi connectivity index (χ2n) is 5.76. The van der Waals surface area contributed by atoms with E-state index in [0.29, 0.717) is 11.3 Å². The van der Waals surface area contributed by atoms with Gasteiger partial charge in [0, 0.05) is 11.3 Å². The number of rotatable bonds is 8. The predicted molar refractivity (Wildman–Crippen MR) is 103 cm³/mol. The van der Waals surface area contributed by atoms with Gasteiger partial charge in [-0.25, -0.2) is 13.1 Å². The van der Waals surface area contributed by atoms with Crippen molar-refractivity contribution in [3.05, 3.63) is 47.5 Å². The zero-order chi connectivity index (χ0) is 20.9. The molecule has 10 heteroatoms. The maximum absolute atomic E-state index is 12.5. The zero-order valence-corrected chi connectivity index (χ0v) is 16.4. The van der Waals surface area contributed by atoms with Crippen LogP contribution in [0.4, 0.5) is 5.69 Å². The predicted octanol–water partition coefficient (Wildman–Crippen LogP) is 1.03. The van der Waals surface area contributed by atoms with Gasteiger partial charge in [0.15, 0.2) is 18.1 Å². The highest BCUT2D eigenvalue weighted by atomic mass is 32.2. The molecule has 4 N–H and O–H groups in total. The van der Waals surface area contributed by atoms with E-state index in [1.165, 1.54) is 38.4 Å². The van der Waals surface area contributed by atoms with Crippen LogP contribution in [0.5, 0.6) is 11.5 Å². The van der Waals surface area contributed by atoms with Crippen LogP contribution in [-0.4, -0.2) is 41.0 Å². The molecule has 0 atom stereocenters. The molecule has 0 bridgehead atoms. The fourth-order valence-corrected chi connectivity index (χ4v) is 3.35. The quantitative estimate of drug-likeness (QED) is 0.598. The zero-order valence-electron chi connectivity index (χ0n) is 15.6. The van der Waals surface area contributed by atoms with E-state index >= 15 is 0 Å². The average Bonchev–Trinajstić information content (AvgIpc) is 2.67. The number of primary amides is 1.